The van der Waals surface area contributed by atoms with E-state index in [0.29, 0.717) is 0 Å². The molecule has 0 amide bonds. The molecule has 1 heterocycles. The largest absolute Gasteiger partial charge is 0.256 e. The molecule has 5 aromatic rings. The van der Waals surface area contributed by atoms with E-state index in [1.165, 1.54) is 26.9 Å². The van der Waals surface area contributed by atoms with Gasteiger partial charge in [-0.25, -0.2) is 0 Å². The van der Waals surface area contributed by atoms with Crippen LogP contribution in [0.4, 0.5) is 0 Å². The first-order chi connectivity index (χ1) is 12.7. The molecule has 5 rings (SSSR count). The van der Waals surface area contributed by atoms with E-state index in [1.807, 2.05) is 24.4 Å². The van der Waals surface area contributed by atoms with Crippen molar-refractivity contribution < 1.29 is 0 Å². The lowest BCUT2D eigenvalue weighted by Gasteiger charge is -2.12. The molecular weight excluding hydrogens is 314 g/mol. The van der Waals surface area contributed by atoms with E-state index in [4.69, 9.17) is 4.98 Å². The normalized spacial score (nSPS) is 11.4. The smallest absolute Gasteiger partial charge is 0.0781 e. The van der Waals surface area contributed by atoms with Gasteiger partial charge >= 0.3 is 0 Å². The van der Waals surface area contributed by atoms with Crippen LogP contribution in [0.3, 0.4) is 0 Å². The Bertz CT molecular complexity index is 1460. The van der Waals surface area contributed by atoms with Gasteiger partial charge in [-0.1, -0.05) is 73.8 Å². The Kier molecular flexibility index (Phi) is 3.16. The van der Waals surface area contributed by atoms with Gasteiger partial charge in [-0.05, 0) is 49.7 Å². The fourth-order valence-corrected chi connectivity index (χ4v) is 3.90. The average molecular weight is 331 g/mol. The molecule has 0 saturated heterocycles. The predicted octanol–water partition coefficient (Wildman–Crippen LogP) is 5.08. The monoisotopic (exact) mass is 331 g/mol. The van der Waals surface area contributed by atoms with Crippen LogP contribution in [0.25, 0.3) is 56.4 Å². The quantitative estimate of drug-likeness (QED) is 0.285. The molecule has 1 nitrogen and oxygen atoms in total. The maximum Gasteiger partial charge on any atom is 0.0781 e. The van der Waals surface area contributed by atoms with Gasteiger partial charge in [-0.15, -0.1) is 0 Å². The van der Waals surface area contributed by atoms with E-state index in [1.54, 1.807) is 0 Å². The molecule has 0 spiro atoms. The van der Waals surface area contributed by atoms with E-state index >= 15 is 0 Å². The fraction of sp³-hybridized carbons (Fsp3) is 0. The Hall–Kier alpha value is -3.45. The highest BCUT2D eigenvalue weighted by Crippen LogP contribution is 2.35. The molecule has 0 unspecified atom stereocenters. The first-order valence-electron chi connectivity index (χ1n) is 8.70. The summed E-state index contributed by atoms with van der Waals surface area (Å²) in [6, 6.07) is 25.4. The third-order valence-corrected chi connectivity index (χ3v) is 5.11. The van der Waals surface area contributed by atoms with Crippen LogP contribution in [-0.2, 0) is 0 Å². The van der Waals surface area contributed by atoms with Crippen molar-refractivity contribution in [3.05, 3.63) is 89.4 Å². The maximum atomic E-state index is 4.77. The molecule has 26 heavy (non-hydrogen) atoms. The van der Waals surface area contributed by atoms with E-state index in [2.05, 4.69) is 67.8 Å². The summed E-state index contributed by atoms with van der Waals surface area (Å²) < 4.78 is 0. The topological polar surface area (TPSA) is 12.9 Å². The minimum Gasteiger partial charge on any atom is -0.256 e. The Morgan fingerprint density at radius 1 is 0.615 bits per heavy atom. The van der Waals surface area contributed by atoms with E-state index in [-0.39, 0.29) is 0 Å². The molecule has 1 heteroatoms. The Labute approximate surface area is 151 Å². The first-order valence-corrected chi connectivity index (χ1v) is 8.70. The van der Waals surface area contributed by atoms with Crippen LogP contribution in [-0.4, -0.2) is 4.98 Å². The van der Waals surface area contributed by atoms with Crippen LogP contribution in [0.2, 0.25) is 0 Å². The standard InChI is InChI=1S/C25H17N/c1-16-7-5-10-19-17(2)25(26-14-13-16)23-15-18-8-3-4-9-20(18)22-12-6-11-21(19)24(22)23/h3-15H,1-2H2. The maximum absolute atomic E-state index is 4.77. The van der Waals surface area contributed by atoms with Gasteiger partial charge in [-0.2, -0.15) is 0 Å². The van der Waals surface area contributed by atoms with Crippen LogP contribution in [0.5, 0.6) is 0 Å². The van der Waals surface area contributed by atoms with Gasteiger partial charge in [0.15, 0.2) is 0 Å². The zero-order valence-electron chi connectivity index (χ0n) is 14.4. The zero-order chi connectivity index (χ0) is 17.7. The Morgan fingerprint density at radius 2 is 1.31 bits per heavy atom. The SMILES string of the molecule is C=c1cccc2c(=C)c(ncc1)c1cc3ccccc3c3cccc2c13. The van der Waals surface area contributed by atoms with Crippen molar-refractivity contribution in [3.8, 4) is 0 Å². The number of nitrogens with zero attached hydrogens (tertiary/aromatic N) is 1. The number of hydrogen-bond acceptors (Lipinski definition) is 1. The van der Waals surface area contributed by atoms with Crippen LogP contribution in [0.1, 0.15) is 0 Å². The molecule has 122 valence electrons. The van der Waals surface area contributed by atoms with Gasteiger partial charge in [0.25, 0.3) is 0 Å². The van der Waals surface area contributed by atoms with Crippen molar-refractivity contribution in [1.82, 2.24) is 4.98 Å². The minimum atomic E-state index is 0.925. The summed E-state index contributed by atoms with van der Waals surface area (Å²) >= 11 is 0. The predicted molar refractivity (Wildman–Crippen MR) is 113 cm³/mol. The van der Waals surface area contributed by atoms with Gasteiger partial charge in [0.2, 0.25) is 0 Å². The second-order valence-electron chi connectivity index (χ2n) is 6.66. The Balaban J connectivity index is 2.22. The summed E-state index contributed by atoms with van der Waals surface area (Å²) in [5.41, 5.74) is 0.935. The number of benzene rings is 4. The van der Waals surface area contributed by atoms with Crippen molar-refractivity contribution in [1.29, 1.82) is 0 Å². The summed E-state index contributed by atoms with van der Waals surface area (Å²) in [7, 11) is 0. The number of hydrogen-bond donors (Lipinski definition) is 0. The number of fused-ring (bicyclic) bond motifs is 6. The van der Waals surface area contributed by atoms with Crippen molar-refractivity contribution in [2.24, 2.45) is 0 Å². The molecule has 0 radical (unpaired) electrons. The summed E-state index contributed by atoms with van der Waals surface area (Å²) in [6.07, 6.45) is 1.82. The van der Waals surface area contributed by atoms with Crippen LogP contribution in [0, 0.1) is 0 Å². The molecule has 0 atom stereocenters. The van der Waals surface area contributed by atoms with Crippen molar-refractivity contribution >= 4 is 56.4 Å². The van der Waals surface area contributed by atoms with Crippen LogP contribution in [0.15, 0.2) is 79.0 Å². The van der Waals surface area contributed by atoms with Gasteiger partial charge in [0, 0.05) is 16.8 Å². The summed E-state index contributed by atoms with van der Waals surface area (Å²) in [5.74, 6) is 0. The van der Waals surface area contributed by atoms with Crippen molar-refractivity contribution in [3.63, 3.8) is 0 Å². The second-order valence-corrected chi connectivity index (χ2v) is 6.66. The third-order valence-electron chi connectivity index (χ3n) is 5.11. The van der Waals surface area contributed by atoms with E-state index in [0.717, 1.165) is 26.7 Å². The molecule has 1 aromatic heterocycles. The van der Waals surface area contributed by atoms with Gasteiger partial charge in [0.05, 0.1) is 5.52 Å². The first kappa shape index (κ1) is 14.9. The summed E-state index contributed by atoms with van der Waals surface area (Å²) in [6.45, 7) is 8.40. The molecule has 0 saturated carbocycles. The Morgan fingerprint density at radius 3 is 2.19 bits per heavy atom. The zero-order valence-corrected chi connectivity index (χ0v) is 14.4. The molecular formula is C25H17N. The number of aromatic nitrogens is 1. The molecule has 0 N–H and O–H groups in total. The molecule has 0 aliphatic heterocycles. The molecule has 4 aromatic carbocycles. The minimum absolute atomic E-state index is 0.925. The van der Waals surface area contributed by atoms with E-state index in [9.17, 15) is 0 Å². The van der Waals surface area contributed by atoms with Crippen molar-refractivity contribution in [2.45, 2.75) is 0 Å². The van der Waals surface area contributed by atoms with Crippen molar-refractivity contribution in [2.75, 3.05) is 0 Å². The molecule has 0 aliphatic carbocycles. The van der Waals surface area contributed by atoms with Gasteiger partial charge < -0.3 is 0 Å². The molecule has 2 bridgehead atoms. The summed E-state index contributed by atoms with van der Waals surface area (Å²) in [4.78, 5) is 4.77. The van der Waals surface area contributed by atoms with Gasteiger partial charge in [-0.3, -0.25) is 4.98 Å². The van der Waals surface area contributed by atoms with E-state index < -0.39 is 0 Å². The summed E-state index contributed by atoms with van der Waals surface area (Å²) in [5, 5.41) is 10.4. The third kappa shape index (κ3) is 2.07. The fourth-order valence-electron chi connectivity index (χ4n) is 3.90. The van der Waals surface area contributed by atoms with Crippen LogP contribution >= 0.6 is 0 Å². The lowest BCUT2D eigenvalue weighted by Crippen LogP contribution is -2.04. The highest BCUT2D eigenvalue weighted by molar-refractivity contribution is 6.28. The molecule has 0 fully saturated rings. The number of rotatable bonds is 0. The lowest BCUT2D eigenvalue weighted by atomic mass is 9.92. The molecule has 0 aliphatic rings. The average Bonchev–Trinajstić information content (AvgIpc) is 2.66. The van der Waals surface area contributed by atoms with Crippen LogP contribution < -0.4 is 10.4 Å². The lowest BCUT2D eigenvalue weighted by molar-refractivity contribution is 1.41. The second kappa shape index (κ2) is 5.53. The highest BCUT2D eigenvalue weighted by Gasteiger charge is 2.11. The highest BCUT2D eigenvalue weighted by atomic mass is 14.6. The van der Waals surface area contributed by atoms with Gasteiger partial charge in [0.1, 0.15) is 0 Å².